The van der Waals surface area contributed by atoms with Crippen LogP contribution in [-0.4, -0.2) is 40.6 Å². The van der Waals surface area contributed by atoms with Gasteiger partial charge in [0, 0.05) is 12.1 Å². The molecule has 0 saturated heterocycles. The number of hydrogen-bond donors (Lipinski definition) is 2. The van der Waals surface area contributed by atoms with Gasteiger partial charge in [-0.05, 0) is 26.2 Å². The molecule has 0 saturated carbocycles. The van der Waals surface area contributed by atoms with E-state index in [1.807, 2.05) is 20.8 Å². The molecule has 0 heterocycles. The molecule has 0 fully saturated rings. The number of nitrogens with zero attached hydrogens (tertiary/aromatic N) is 1. The highest BCUT2D eigenvalue weighted by atomic mass is 16.4. The Morgan fingerprint density at radius 1 is 1.17 bits per heavy atom. The van der Waals surface area contributed by atoms with Gasteiger partial charge in [0.1, 0.15) is 6.54 Å². The van der Waals surface area contributed by atoms with Gasteiger partial charge in [-0.2, -0.15) is 0 Å². The van der Waals surface area contributed by atoms with Crippen molar-refractivity contribution in [2.45, 2.75) is 59.5 Å². The van der Waals surface area contributed by atoms with Crippen molar-refractivity contribution >= 4 is 12.0 Å². The van der Waals surface area contributed by atoms with E-state index in [0.717, 1.165) is 12.8 Å². The molecule has 0 aliphatic rings. The average Bonchev–Trinajstić information content (AvgIpc) is 2.33. The molecular formula is C13H26N2O3. The maximum atomic E-state index is 12.1. The van der Waals surface area contributed by atoms with Gasteiger partial charge in [-0.25, -0.2) is 4.79 Å². The molecule has 0 rings (SSSR count). The SMILES string of the molecule is CCC(C)C(C)NC(=O)N(CC(=O)O)C(C)CC. The zero-order valence-corrected chi connectivity index (χ0v) is 12.1. The van der Waals surface area contributed by atoms with Crippen LogP contribution < -0.4 is 5.32 Å². The van der Waals surface area contributed by atoms with Gasteiger partial charge in [0.05, 0.1) is 0 Å². The number of hydrogen-bond acceptors (Lipinski definition) is 2. The third-order valence-corrected chi connectivity index (χ3v) is 3.54. The van der Waals surface area contributed by atoms with E-state index in [4.69, 9.17) is 5.11 Å². The second kappa shape index (κ2) is 7.95. The summed E-state index contributed by atoms with van der Waals surface area (Å²) in [4.78, 5) is 24.2. The third-order valence-electron chi connectivity index (χ3n) is 3.54. The quantitative estimate of drug-likeness (QED) is 0.736. The zero-order valence-electron chi connectivity index (χ0n) is 12.1. The Morgan fingerprint density at radius 3 is 2.11 bits per heavy atom. The lowest BCUT2D eigenvalue weighted by Gasteiger charge is -2.30. The first-order chi connectivity index (χ1) is 8.33. The number of aliphatic carboxylic acids is 1. The maximum Gasteiger partial charge on any atom is 0.323 e. The van der Waals surface area contributed by atoms with Gasteiger partial charge in [-0.15, -0.1) is 0 Å². The van der Waals surface area contributed by atoms with Gasteiger partial charge >= 0.3 is 12.0 Å². The highest BCUT2D eigenvalue weighted by Gasteiger charge is 2.23. The van der Waals surface area contributed by atoms with Gasteiger partial charge in [-0.1, -0.05) is 27.2 Å². The predicted octanol–water partition coefficient (Wildman–Crippen LogP) is 2.32. The molecule has 3 unspecified atom stereocenters. The van der Waals surface area contributed by atoms with E-state index in [0.29, 0.717) is 5.92 Å². The van der Waals surface area contributed by atoms with Crippen molar-refractivity contribution in [2.24, 2.45) is 5.92 Å². The zero-order chi connectivity index (χ0) is 14.3. The molecule has 5 heteroatoms. The minimum absolute atomic E-state index is 0.0443. The van der Waals surface area contributed by atoms with Crippen LogP contribution in [0.4, 0.5) is 4.79 Å². The number of urea groups is 1. The average molecular weight is 258 g/mol. The first-order valence-electron chi connectivity index (χ1n) is 6.62. The summed E-state index contributed by atoms with van der Waals surface area (Å²) in [5.41, 5.74) is 0. The van der Waals surface area contributed by atoms with E-state index in [1.165, 1.54) is 4.90 Å². The Labute approximate surface area is 110 Å². The number of carboxylic acids is 1. The number of rotatable bonds is 7. The summed E-state index contributed by atoms with van der Waals surface area (Å²) in [6.07, 6.45) is 1.71. The molecular weight excluding hydrogens is 232 g/mol. The molecule has 5 nitrogen and oxygen atoms in total. The van der Waals surface area contributed by atoms with Crippen LogP contribution in [0.3, 0.4) is 0 Å². The number of amides is 2. The van der Waals surface area contributed by atoms with Gasteiger partial charge in [0.25, 0.3) is 0 Å². The van der Waals surface area contributed by atoms with Gasteiger partial charge < -0.3 is 15.3 Å². The summed E-state index contributed by atoms with van der Waals surface area (Å²) in [5.74, 6) is -0.612. The van der Waals surface area contributed by atoms with Gasteiger partial charge in [0.2, 0.25) is 0 Å². The maximum absolute atomic E-state index is 12.1. The molecule has 106 valence electrons. The van der Waals surface area contributed by atoms with E-state index in [-0.39, 0.29) is 24.7 Å². The molecule has 2 N–H and O–H groups in total. The summed E-state index contributed by atoms with van der Waals surface area (Å²) < 4.78 is 0. The summed E-state index contributed by atoms with van der Waals surface area (Å²) in [6.45, 7) is 9.61. The van der Waals surface area contributed by atoms with Crippen molar-refractivity contribution in [1.29, 1.82) is 0 Å². The van der Waals surface area contributed by atoms with Crippen LogP contribution >= 0.6 is 0 Å². The lowest BCUT2D eigenvalue weighted by Crippen LogP contribution is -2.50. The number of carbonyl (C=O) groups is 2. The monoisotopic (exact) mass is 258 g/mol. The van der Waals surface area contributed by atoms with E-state index < -0.39 is 5.97 Å². The van der Waals surface area contributed by atoms with E-state index in [2.05, 4.69) is 19.2 Å². The molecule has 0 radical (unpaired) electrons. The van der Waals surface area contributed by atoms with Crippen LogP contribution in [0.15, 0.2) is 0 Å². The Kier molecular flexibility index (Phi) is 7.39. The molecule has 0 aromatic heterocycles. The summed E-state index contributed by atoms with van der Waals surface area (Å²) in [7, 11) is 0. The molecule has 0 spiro atoms. The fourth-order valence-electron chi connectivity index (χ4n) is 1.57. The topological polar surface area (TPSA) is 69.6 Å². The second-order valence-electron chi connectivity index (χ2n) is 4.90. The van der Waals surface area contributed by atoms with Crippen LogP contribution in [-0.2, 0) is 4.79 Å². The first-order valence-corrected chi connectivity index (χ1v) is 6.62. The summed E-state index contributed by atoms with van der Waals surface area (Å²) >= 11 is 0. The normalized spacial score (nSPS) is 15.6. The van der Waals surface area contributed by atoms with Crippen LogP contribution in [0.25, 0.3) is 0 Å². The van der Waals surface area contributed by atoms with Crippen molar-refractivity contribution in [3.63, 3.8) is 0 Å². The van der Waals surface area contributed by atoms with Crippen molar-refractivity contribution in [1.82, 2.24) is 10.2 Å². The standard InChI is InChI=1S/C13H26N2O3/c1-6-9(3)11(5)14-13(18)15(8-12(16)17)10(4)7-2/h9-11H,6-8H2,1-5H3,(H,14,18)(H,16,17). The molecule has 2 amide bonds. The fourth-order valence-corrected chi connectivity index (χ4v) is 1.57. The van der Waals surface area contributed by atoms with E-state index in [9.17, 15) is 9.59 Å². The Bertz CT molecular complexity index is 281. The molecule has 0 bridgehead atoms. The number of carbonyl (C=O) groups excluding carboxylic acids is 1. The minimum Gasteiger partial charge on any atom is -0.480 e. The van der Waals surface area contributed by atoms with Crippen LogP contribution in [0.1, 0.15) is 47.5 Å². The number of nitrogens with one attached hydrogen (secondary N) is 1. The van der Waals surface area contributed by atoms with Crippen molar-refractivity contribution in [2.75, 3.05) is 6.54 Å². The highest BCUT2D eigenvalue weighted by Crippen LogP contribution is 2.09. The third kappa shape index (κ3) is 5.38. The van der Waals surface area contributed by atoms with Crippen molar-refractivity contribution in [3.8, 4) is 0 Å². The Morgan fingerprint density at radius 2 is 1.72 bits per heavy atom. The Hall–Kier alpha value is -1.26. The fraction of sp³-hybridized carbons (Fsp3) is 0.846. The lowest BCUT2D eigenvalue weighted by molar-refractivity contribution is -0.138. The smallest absolute Gasteiger partial charge is 0.323 e. The van der Waals surface area contributed by atoms with Crippen molar-refractivity contribution in [3.05, 3.63) is 0 Å². The molecule has 0 aromatic carbocycles. The van der Waals surface area contributed by atoms with Gasteiger partial charge in [-0.3, -0.25) is 4.79 Å². The largest absolute Gasteiger partial charge is 0.480 e. The highest BCUT2D eigenvalue weighted by molar-refractivity contribution is 5.80. The van der Waals surface area contributed by atoms with E-state index >= 15 is 0 Å². The molecule has 3 atom stereocenters. The minimum atomic E-state index is -0.985. The van der Waals surface area contributed by atoms with E-state index in [1.54, 1.807) is 0 Å². The molecule has 18 heavy (non-hydrogen) atoms. The van der Waals surface area contributed by atoms with Crippen LogP contribution in [0.5, 0.6) is 0 Å². The Balaban J connectivity index is 4.60. The summed E-state index contributed by atoms with van der Waals surface area (Å²) in [5, 5.41) is 11.7. The molecule has 0 aliphatic heterocycles. The van der Waals surface area contributed by atoms with Crippen molar-refractivity contribution < 1.29 is 14.7 Å². The van der Waals surface area contributed by atoms with Crippen LogP contribution in [0.2, 0.25) is 0 Å². The first kappa shape index (κ1) is 16.7. The predicted molar refractivity (Wildman–Crippen MR) is 71.5 cm³/mol. The lowest BCUT2D eigenvalue weighted by atomic mass is 10.0. The summed E-state index contributed by atoms with van der Waals surface area (Å²) in [6, 6.07) is -0.326. The van der Waals surface area contributed by atoms with Crippen LogP contribution in [0, 0.1) is 5.92 Å². The molecule has 0 aromatic rings. The number of carboxylic acid groups (broad SMARTS) is 1. The second-order valence-corrected chi connectivity index (χ2v) is 4.90. The molecule has 0 aliphatic carbocycles. The van der Waals surface area contributed by atoms with Gasteiger partial charge in [0.15, 0.2) is 0 Å².